The zero-order valence-corrected chi connectivity index (χ0v) is 12.6. The third kappa shape index (κ3) is 2.49. The summed E-state index contributed by atoms with van der Waals surface area (Å²) in [6, 6.07) is 21.8. The smallest absolute Gasteiger partial charge is 0.0706 e. The van der Waals surface area contributed by atoms with Crippen LogP contribution >= 0.6 is 0 Å². The van der Waals surface area contributed by atoms with Gasteiger partial charge < -0.3 is 0 Å². The first kappa shape index (κ1) is 13.4. The van der Waals surface area contributed by atoms with E-state index in [1.807, 2.05) is 12.1 Å². The lowest BCUT2D eigenvalue weighted by Gasteiger charge is -2.10. The van der Waals surface area contributed by atoms with Crippen LogP contribution in [0.4, 0.5) is 0 Å². The van der Waals surface area contributed by atoms with Gasteiger partial charge in [0.15, 0.2) is 0 Å². The maximum atomic E-state index is 4.80. The van der Waals surface area contributed by atoms with Crippen molar-refractivity contribution in [2.24, 2.45) is 0 Å². The van der Waals surface area contributed by atoms with Crippen molar-refractivity contribution in [1.29, 1.82) is 0 Å². The Kier molecular flexibility index (Phi) is 3.37. The van der Waals surface area contributed by atoms with Crippen molar-refractivity contribution in [1.82, 2.24) is 15.8 Å². The van der Waals surface area contributed by atoms with E-state index in [0.717, 1.165) is 17.6 Å². The van der Waals surface area contributed by atoms with Crippen LogP contribution in [-0.2, 0) is 0 Å². The first-order valence-electron chi connectivity index (χ1n) is 7.73. The average molecular weight is 289 g/mol. The van der Waals surface area contributed by atoms with Crippen LogP contribution < -0.4 is 10.9 Å². The molecule has 110 valence electrons. The van der Waals surface area contributed by atoms with Crippen LogP contribution in [0.3, 0.4) is 0 Å². The van der Waals surface area contributed by atoms with Gasteiger partial charge in [0.25, 0.3) is 0 Å². The summed E-state index contributed by atoms with van der Waals surface area (Å²) in [6.07, 6.45) is 1.01. The van der Waals surface area contributed by atoms with Crippen LogP contribution in [0.1, 0.15) is 35.3 Å². The topological polar surface area (TPSA) is 37.0 Å². The van der Waals surface area contributed by atoms with Gasteiger partial charge in [0, 0.05) is 11.4 Å². The minimum atomic E-state index is 0.246. The quantitative estimate of drug-likeness (QED) is 0.753. The number of hydrogen-bond acceptors (Lipinski definition) is 3. The maximum Gasteiger partial charge on any atom is 0.0706 e. The minimum Gasteiger partial charge on any atom is -0.251 e. The third-order valence-electron chi connectivity index (χ3n) is 4.36. The van der Waals surface area contributed by atoms with Gasteiger partial charge in [-0.05, 0) is 31.0 Å². The van der Waals surface area contributed by atoms with E-state index in [9.17, 15) is 0 Å². The van der Waals surface area contributed by atoms with Crippen molar-refractivity contribution < 1.29 is 0 Å². The Hall–Kier alpha value is -2.23. The number of para-hydroxylation sites is 1. The number of rotatable bonds is 2. The van der Waals surface area contributed by atoms with Crippen molar-refractivity contribution in [3.05, 3.63) is 77.5 Å². The molecule has 1 aromatic heterocycles. The van der Waals surface area contributed by atoms with Gasteiger partial charge >= 0.3 is 0 Å². The summed E-state index contributed by atoms with van der Waals surface area (Å²) in [5.74, 6) is 0. The number of hydrazine groups is 1. The van der Waals surface area contributed by atoms with Gasteiger partial charge in [-0.25, -0.2) is 10.9 Å². The molecule has 1 fully saturated rings. The Labute approximate surface area is 130 Å². The Balaban J connectivity index is 1.57. The normalized spacial score (nSPS) is 21.3. The van der Waals surface area contributed by atoms with Crippen LogP contribution in [-0.4, -0.2) is 4.98 Å². The van der Waals surface area contributed by atoms with Gasteiger partial charge in [0.05, 0.1) is 17.3 Å². The predicted octanol–water partition coefficient (Wildman–Crippen LogP) is 3.82. The monoisotopic (exact) mass is 289 g/mol. The van der Waals surface area contributed by atoms with Crippen LogP contribution in [0.5, 0.6) is 0 Å². The molecule has 3 heteroatoms. The standard InChI is InChI=1S/C19H19N3/c1-13-6-8-15(9-7-13)18-12-19(22-21-18)17-11-10-14-4-2-3-5-16(14)20-17/h2-11,18-19,21-22H,12H2,1H3. The number of fused-ring (bicyclic) bond motifs is 1. The number of aromatic nitrogens is 1. The molecule has 1 aliphatic heterocycles. The molecule has 0 bridgehead atoms. The van der Waals surface area contributed by atoms with E-state index >= 15 is 0 Å². The molecule has 22 heavy (non-hydrogen) atoms. The summed E-state index contributed by atoms with van der Waals surface area (Å²) >= 11 is 0. The predicted molar refractivity (Wildman–Crippen MR) is 89.3 cm³/mol. The van der Waals surface area contributed by atoms with Gasteiger partial charge in [-0.15, -0.1) is 0 Å². The molecule has 3 nitrogen and oxygen atoms in total. The van der Waals surface area contributed by atoms with Crippen LogP contribution in [0.15, 0.2) is 60.7 Å². The summed E-state index contributed by atoms with van der Waals surface area (Å²) in [6.45, 7) is 2.12. The molecule has 0 spiro atoms. The molecule has 1 saturated heterocycles. The molecule has 2 unspecified atom stereocenters. The van der Waals surface area contributed by atoms with Crippen LogP contribution in [0, 0.1) is 6.92 Å². The first-order chi connectivity index (χ1) is 10.8. The number of benzene rings is 2. The summed E-state index contributed by atoms with van der Waals surface area (Å²) in [5.41, 5.74) is 11.6. The molecule has 0 aliphatic carbocycles. The van der Waals surface area contributed by atoms with E-state index < -0.39 is 0 Å². The van der Waals surface area contributed by atoms with Gasteiger partial charge in [-0.3, -0.25) is 4.98 Å². The van der Waals surface area contributed by atoms with E-state index in [-0.39, 0.29) is 6.04 Å². The average Bonchev–Trinajstić information content (AvgIpc) is 3.05. The second kappa shape index (κ2) is 5.52. The lowest BCUT2D eigenvalue weighted by atomic mass is 9.99. The highest BCUT2D eigenvalue weighted by molar-refractivity contribution is 5.78. The summed E-state index contributed by atoms with van der Waals surface area (Å²) < 4.78 is 0. The Morgan fingerprint density at radius 1 is 0.864 bits per heavy atom. The molecule has 2 heterocycles. The van der Waals surface area contributed by atoms with E-state index in [0.29, 0.717) is 6.04 Å². The van der Waals surface area contributed by atoms with E-state index in [1.54, 1.807) is 0 Å². The molecule has 2 aromatic carbocycles. The fraction of sp³-hybridized carbons (Fsp3) is 0.211. The lowest BCUT2D eigenvalue weighted by Crippen LogP contribution is -2.27. The van der Waals surface area contributed by atoms with Crippen molar-refractivity contribution in [2.75, 3.05) is 0 Å². The second-order valence-electron chi connectivity index (χ2n) is 5.97. The molecule has 1 aliphatic rings. The fourth-order valence-corrected chi connectivity index (χ4v) is 3.04. The molecular weight excluding hydrogens is 270 g/mol. The van der Waals surface area contributed by atoms with Crippen molar-refractivity contribution >= 4 is 10.9 Å². The first-order valence-corrected chi connectivity index (χ1v) is 7.73. The maximum absolute atomic E-state index is 4.80. The number of nitrogens with one attached hydrogen (secondary N) is 2. The van der Waals surface area contributed by atoms with Crippen molar-refractivity contribution in [3.63, 3.8) is 0 Å². The zero-order valence-electron chi connectivity index (χ0n) is 12.6. The SMILES string of the molecule is Cc1ccc(C2CC(c3ccc4ccccc4n3)NN2)cc1. The Morgan fingerprint density at radius 3 is 2.50 bits per heavy atom. The number of aryl methyl sites for hydroxylation is 1. The highest BCUT2D eigenvalue weighted by Crippen LogP contribution is 2.30. The van der Waals surface area contributed by atoms with Gasteiger partial charge in [0.2, 0.25) is 0 Å². The lowest BCUT2D eigenvalue weighted by molar-refractivity contribution is 0.550. The number of hydrogen-bond donors (Lipinski definition) is 2. The summed E-state index contributed by atoms with van der Waals surface area (Å²) in [4.78, 5) is 4.80. The van der Waals surface area contributed by atoms with E-state index in [2.05, 4.69) is 66.3 Å². The molecular formula is C19H19N3. The molecule has 0 radical (unpaired) electrons. The van der Waals surface area contributed by atoms with Gasteiger partial charge in [0.1, 0.15) is 0 Å². The third-order valence-corrected chi connectivity index (χ3v) is 4.36. The zero-order chi connectivity index (χ0) is 14.9. The molecule has 0 saturated carbocycles. The summed E-state index contributed by atoms with van der Waals surface area (Å²) in [7, 11) is 0. The van der Waals surface area contributed by atoms with Crippen LogP contribution in [0.25, 0.3) is 10.9 Å². The van der Waals surface area contributed by atoms with E-state index in [1.165, 1.54) is 16.5 Å². The molecule has 3 aromatic rings. The van der Waals surface area contributed by atoms with E-state index in [4.69, 9.17) is 4.98 Å². The molecule has 4 rings (SSSR count). The second-order valence-corrected chi connectivity index (χ2v) is 5.97. The van der Waals surface area contributed by atoms with Gasteiger partial charge in [-0.2, -0.15) is 0 Å². The van der Waals surface area contributed by atoms with Crippen molar-refractivity contribution in [3.8, 4) is 0 Å². The van der Waals surface area contributed by atoms with Crippen molar-refractivity contribution in [2.45, 2.75) is 25.4 Å². The highest BCUT2D eigenvalue weighted by atomic mass is 15.4. The molecule has 0 amide bonds. The molecule has 2 atom stereocenters. The number of pyridine rings is 1. The fourth-order valence-electron chi connectivity index (χ4n) is 3.04. The Bertz CT molecular complexity index is 795. The largest absolute Gasteiger partial charge is 0.251 e. The van der Waals surface area contributed by atoms with Crippen LogP contribution in [0.2, 0.25) is 0 Å². The Morgan fingerprint density at radius 2 is 1.64 bits per heavy atom. The van der Waals surface area contributed by atoms with Gasteiger partial charge in [-0.1, -0.05) is 54.1 Å². The number of nitrogens with zero attached hydrogens (tertiary/aromatic N) is 1. The minimum absolute atomic E-state index is 0.246. The highest BCUT2D eigenvalue weighted by Gasteiger charge is 2.26. The molecule has 2 N–H and O–H groups in total. The summed E-state index contributed by atoms with van der Waals surface area (Å²) in [5, 5.41) is 1.19.